The van der Waals surface area contributed by atoms with Gasteiger partial charge < -0.3 is 10.4 Å². The molecule has 1 aromatic carbocycles. The summed E-state index contributed by atoms with van der Waals surface area (Å²) in [7, 11) is 0. The molecule has 0 bridgehead atoms. The molecule has 96 valence electrons. The number of benzene rings is 1. The van der Waals surface area contributed by atoms with Crippen molar-refractivity contribution in [2.24, 2.45) is 0 Å². The number of nitrogens with one attached hydrogen (secondary N) is 1. The smallest absolute Gasteiger partial charge is 0.101 e. The third-order valence-corrected chi connectivity index (χ3v) is 3.82. The van der Waals surface area contributed by atoms with Gasteiger partial charge in [-0.3, -0.25) is 4.98 Å². The van der Waals surface area contributed by atoms with Crippen molar-refractivity contribution in [2.75, 3.05) is 6.54 Å². The Morgan fingerprint density at radius 1 is 1.44 bits per heavy atom. The first kappa shape index (κ1) is 13.5. The zero-order valence-electron chi connectivity index (χ0n) is 10.1. The van der Waals surface area contributed by atoms with E-state index in [4.69, 9.17) is 11.6 Å². The van der Waals surface area contributed by atoms with E-state index in [9.17, 15) is 5.11 Å². The van der Waals surface area contributed by atoms with Gasteiger partial charge in [-0.15, -0.1) is 11.3 Å². The summed E-state index contributed by atoms with van der Waals surface area (Å²) in [6.45, 7) is 2.90. The number of hydrogen-bond acceptors (Lipinski definition) is 4. The molecule has 0 saturated heterocycles. The molecule has 0 saturated carbocycles. The van der Waals surface area contributed by atoms with Crippen molar-refractivity contribution in [2.45, 2.75) is 19.1 Å². The molecule has 18 heavy (non-hydrogen) atoms. The van der Waals surface area contributed by atoms with Crippen LogP contribution in [0.2, 0.25) is 5.02 Å². The van der Waals surface area contributed by atoms with Gasteiger partial charge in [0.1, 0.15) is 5.60 Å². The highest BCUT2D eigenvalue weighted by Gasteiger charge is 2.24. The van der Waals surface area contributed by atoms with E-state index >= 15 is 0 Å². The van der Waals surface area contributed by atoms with Crippen LogP contribution >= 0.6 is 22.9 Å². The van der Waals surface area contributed by atoms with Crippen LogP contribution in [0.5, 0.6) is 0 Å². The molecular formula is C13H15ClN2OS. The average Bonchev–Trinajstić information content (AvgIpc) is 2.82. The number of hydrogen-bond donors (Lipinski definition) is 2. The summed E-state index contributed by atoms with van der Waals surface area (Å²) in [5.74, 6) is 0. The summed E-state index contributed by atoms with van der Waals surface area (Å²) >= 11 is 7.68. The maximum atomic E-state index is 10.4. The van der Waals surface area contributed by atoms with E-state index in [0.717, 1.165) is 10.4 Å². The molecule has 0 aliphatic heterocycles. The number of aliphatic hydroxyl groups is 1. The molecule has 5 heteroatoms. The van der Waals surface area contributed by atoms with Gasteiger partial charge in [0.2, 0.25) is 0 Å². The second-order valence-electron chi connectivity index (χ2n) is 4.32. The second kappa shape index (κ2) is 5.80. The van der Waals surface area contributed by atoms with Gasteiger partial charge in [0.05, 0.1) is 5.51 Å². The van der Waals surface area contributed by atoms with Crippen LogP contribution in [0.25, 0.3) is 0 Å². The van der Waals surface area contributed by atoms with E-state index < -0.39 is 5.60 Å². The predicted octanol–water partition coefficient (Wildman–Crippen LogP) is 2.79. The minimum atomic E-state index is -0.983. The summed E-state index contributed by atoms with van der Waals surface area (Å²) in [6, 6.07) is 7.36. The van der Waals surface area contributed by atoms with E-state index in [0.29, 0.717) is 18.1 Å². The molecule has 1 aromatic heterocycles. The summed E-state index contributed by atoms with van der Waals surface area (Å²) < 4.78 is 0. The van der Waals surface area contributed by atoms with Crippen molar-refractivity contribution in [1.82, 2.24) is 10.3 Å². The lowest BCUT2D eigenvalue weighted by Crippen LogP contribution is -2.35. The van der Waals surface area contributed by atoms with Crippen molar-refractivity contribution in [3.05, 3.63) is 51.4 Å². The Kier molecular flexibility index (Phi) is 4.35. The first-order chi connectivity index (χ1) is 8.59. The molecule has 0 amide bonds. The zero-order chi connectivity index (χ0) is 13.0. The Hall–Kier alpha value is -0.940. The monoisotopic (exact) mass is 282 g/mol. The largest absolute Gasteiger partial charge is 0.384 e. The maximum absolute atomic E-state index is 10.4. The lowest BCUT2D eigenvalue weighted by molar-refractivity contribution is 0.0568. The zero-order valence-corrected chi connectivity index (χ0v) is 11.6. The highest BCUT2D eigenvalue weighted by Crippen LogP contribution is 2.27. The minimum Gasteiger partial charge on any atom is -0.384 e. The van der Waals surface area contributed by atoms with Gasteiger partial charge in [-0.25, -0.2) is 0 Å². The number of halogens is 1. The Morgan fingerprint density at radius 3 is 2.89 bits per heavy atom. The first-order valence-electron chi connectivity index (χ1n) is 5.65. The molecule has 2 rings (SSSR count). The normalized spacial score (nSPS) is 14.4. The van der Waals surface area contributed by atoms with Crippen LogP contribution in [0, 0.1) is 0 Å². The fraction of sp³-hybridized carbons (Fsp3) is 0.308. The van der Waals surface area contributed by atoms with Gasteiger partial charge in [-0.1, -0.05) is 29.8 Å². The molecule has 2 aromatic rings. The standard InChI is InChI=1S/C13H15ClN2OS/c1-13(17,11-4-2-3-5-12(11)14)8-15-6-10-7-16-9-18-10/h2-5,7,9,15,17H,6,8H2,1H3. The lowest BCUT2D eigenvalue weighted by atomic mass is 9.96. The van der Waals surface area contributed by atoms with Gasteiger partial charge in [-0.2, -0.15) is 0 Å². The average molecular weight is 283 g/mol. The Morgan fingerprint density at radius 2 is 2.22 bits per heavy atom. The fourth-order valence-electron chi connectivity index (χ4n) is 1.75. The van der Waals surface area contributed by atoms with E-state index in [1.54, 1.807) is 29.8 Å². The van der Waals surface area contributed by atoms with E-state index in [-0.39, 0.29) is 0 Å². The SMILES string of the molecule is CC(O)(CNCc1cncs1)c1ccccc1Cl. The van der Waals surface area contributed by atoms with Gasteiger partial charge in [0.25, 0.3) is 0 Å². The van der Waals surface area contributed by atoms with Crippen LogP contribution in [0.4, 0.5) is 0 Å². The number of thiazole rings is 1. The van der Waals surface area contributed by atoms with E-state index in [1.165, 1.54) is 0 Å². The Labute approximate surface area is 115 Å². The van der Waals surface area contributed by atoms with Gasteiger partial charge in [-0.05, 0) is 13.0 Å². The molecule has 0 spiro atoms. The quantitative estimate of drug-likeness (QED) is 0.886. The fourth-order valence-corrected chi connectivity index (χ4v) is 2.66. The van der Waals surface area contributed by atoms with Crippen molar-refractivity contribution in [3.63, 3.8) is 0 Å². The molecule has 1 atom stereocenters. The van der Waals surface area contributed by atoms with Crippen LogP contribution in [-0.2, 0) is 12.1 Å². The summed E-state index contributed by atoms with van der Waals surface area (Å²) in [5.41, 5.74) is 1.55. The molecule has 0 aliphatic carbocycles. The van der Waals surface area contributed by atoms with Crippen molar-refractivity contribution >= 4 is 22.9 Å². The molecule has 0 fully saturated rings. The van der Waals surface area contributed by atoms with Gasteiger partial charge in [0.15, 0.2) is 0 Å². The maximum Gasteiger partial charge on any atom is 0.101 e. The molecule has 1 heterocycles. The highest BCUT2D eigenvalue weighted by atomic mass is 35.5. The third-order valence-electron chi connectivity index (χ3n) is 2.71. The summed E-state index contributed by atoms with van der Waals surface area (Å²) in [4.78, 5) is 5.15. The van der Waals surface area contributed by atoms with Gasteiger partial charge >= 0.3 is 0 Å². The second-order valence-corrected chi connectivity index (χ2v) is 5.70. The van der Waals surface area contributed by atoms with Crippen molar-refractivity contribution in [3.8, 4) is 0 Å². The molecule has 0 radical (unpaired) electrons. The topological polar surface area (TPSA) is 45.1 Å². The number of aromatic nitrogens is 1. The molecule has 0 aliphatic rings. The van der Waals surface area contributed by atoms with Crippen molar-refractivity contribution in [1.29, 1.82) is 0 Å². The summed E-state index contributed by atoms with van der Waals surface area (Å²) in [6.07, 6.45) is 1.82. The lowest BCUT2D eigenvalue weighted by Gasteiger charge is -2.25. The van der Waals surface area contributed by atoms with Crippen molar-refractivity contribution < 1.29 is 5.11 Å². The number of rotatable bonds is 5. The minimum absolute atomic E-state index is 0.439. The Bertz CT molecular complexity index is 499. The Balaban J connectivity index is 1.97. The summed E-state index contributed by atoms with van der Waals surface area (Å²) in [5, 5.41) is 14.2. The third kappa shape index (κ3) is 3.29. The van der Waals surface area contributed by atoms with Crippen LogP contribution in [0.15, 0.2) is 36.0 Å². The van der Waals surface area contributed by atoms with Crippen LogP contribution in [0.3, 0.4) is 0 Å². The first-order valence-corrected chi connectivity index (χ1v) is 6.91. The molecule has 2 N–H and O–H groups in total. The highest BCUT2D eigenvalue weighted by molar-refractivity contribution is 7.09. The van der Waals surface area contributed by atoms with E-state index in [1.807, 2.05) is 24.4 Å². The number of nitrogens with zero attached hydrogens (tertiary/aromatic N) is 1. The molecule has 1 unspecified atom stereocenters. The van der Waals surface area contributed by atoms with Gasteiger partial charge in [0, 0.05) is 34.7 Å². The predicted molar refractivity (Wildman–Crippen MR) is 74.8 cm³/mol. The molecule has 3 nitrogen and oxygen atoms in total. The van der Waals surface area contributed by atoms with Crippen LogP contribution in [0.1, 0.15) is 17.4 Å². The van der Waals surface area contributed by atoms with Crippen LogP contribution < -0.4 is 5.32 Å². The van der Waals surface area contributed by atoms with Crippen LogP contribution in [-0.4, -0.2) is 16.6 Å². The van der Waals surface area contributed by atoms with E-state index in [2.05, 4.69) is 10.3 Å². The molecular weight excluding hydrogens is 268 g/mol.